The van der Waals surface area contributed by atoms with Crippen LogP contribution in [0.4, 0.5) is 0 Å². The van der Waals surface area contributed by atoms with Gasteiger partial charge in [-0.05, 0) is 39.8 Å². The monoisotopic (exact) mass is 215 g/mol. The van der Waals surface area contributed by atoms with Gasteiger partial charge in [-0.2, -0.15) is 0 Å². The molecule has 1 fully saturated rings. The highest BCUT2D eigenvalue weighted by Gasteiger charge is 2.19. The lowest BCUT2D eigenvalue weighted by molar-refractivity contribution is -0.149. The molecule has 0 aromatic rings. The van der Waals surface area contributed by atoms with E-state index in [1.165, 1.54) is 19.3 Å². The molecule has 0 bridgehead atoms. The quantitative estimate of drug-likeness (QED) is 0.752. The third-order valence-electron chi connectivity index (χ3n) is 3.09. The highest BCUT2D eigenvalue weighted by atomic mass is 16.5. The third kappa shape index (κ3) is 4.18. The van der Waals surface area contributed by atoms with E-state index in [0.717, 1.165) is 13.0 Å². The third-order valence-corrected chi connectivity index (χ3v) is 3.09. The summed E-state index contributed by atoms with van der Waals surface area (Å²) in [6, 6.07) is 0.569. The molecule has 1 unspecified atom stereocenters. The number of ether oxygens (including phenoxy) is 1. The number of carbonyl (C=O) groups is 1. The van der Waals surface area contributed by atoms with Crippen LogP contribution in [-0.4, -0.2) is 48.3 Å². The maximum Gasteiger partial charge on any atom is 0.332 e. The van der Waals surface area contributed by atoms with Crippen molar-refractivity contribution in [3.63, 3.8) is 0 Å². The first-order valence-electron chi connectivity index (χ1n) is 5.66. The van der Waals surface area contributed by atoms with Crippen molar-refractivity contribution in [2.24, 2.45) is 0 Å². The summed E-state index contributed by atoms with van der Waals surface area (Å²) in [5.41, 5.74) is 0. The largest absolute Gasteiger partial charge is 0.479 e. The number of rotatable bonds is 5. The van der Waals surface area contributed by atoms with Crippen molar-refractivity contribution in [1.29, 1.82) is 0 Å². The van der Waals surface area contributed by atoms with Gasteiger partial charge < -0.3 is 14.7 Å². The van der Waals surface area contributed by atoms with Gasteiger partial charge in [0.15, 0.2) is 6.10 Å². The summed E-state index contributed by atoms with van der Waals surface area (Å²) < 4.78 is 5.23. The highest BCUT2D eigenvalue weighted by molar-refractivity contribution is 5.71. The van der Waals surface area contributed by atoms with E-state index in [1.54, 1.807) is 6.92 Å². The van der Waals surface area contributed by atoms with Crippen LogP contribution in [-0.2, 0) is 9.53 Å². The molecule has 1 N–H and O–H groups in total. The molecule has 0 aliphatic carbocycles. The zero-order chi connectivity index (χ0) is 11.3. The van der Waals surface area contributed by atoms with Crippen molar-refractivity contribution in [3.8, 4) is 0 Å². The molecular weight excluding hydrogens is 194 g/mol. The Kier molecular flexibility index (Phi) is 5.05. The Balaban J connectivity index is 2.16. The lowest BCUT2D eigenvalue weighted by Crippen LogP contribution is -2.37. The molecule has 1 aliphatic rings. The van der Waals surface area contributed by atoms with Gasteiger partial charge in [0.1, 0.15) is 0 Å². The molecule has 0 radical (unpaired) electrons. The van der Waals surface area contributed by atoms with Gasteiger partial charge in [0.2, 0.25) is 0 Å². The van der Waals surface area contributed by atoms with Crippen LogP contribution in [0.15, 0.2) is 0 Å². The van der Waals surface area contributed by atoms with Crippen molar-refractivity contribution >= 4 is 5.97 Å². The fraction of sp³-hybridized carbons (Fsp3) is 0.909. The van der Waals surface area contributed by atoms with Crippen LogP contribution >= 0.6 is 0 Å². The van der Waals surface area contributed by atoms with Crippen LogP contribution in [0.25, 0.3) is 0 Å². The van der Waals surface area contributed by atoms with Crippen molar-refractivity contribution in [2.75, 3.05) is 20.2 Å². The molecule has 15 heavy (non-hydrogen) atoms. The van der Waals surface area contributed by atoms with E-state index in [4.69, 9.17) is 9.84 Å². The predicted octanol–water partition coefficient (Wildman–Crippen LogP) is 1.35. The first-order chi connectivity index (χ1) is 7.11. The van der Waals surface area contributed by atoms with Crippen LogP contribution in [0.2, 0.25) is 0 Å². The van der Waals surface area contributed by atoms with Crippen LogP contribution in [0, 0.1) is 0 Å². The van der Waals surface area contributed by atoms with Crippen molar-refractivity contribution in [3.05, 3.63) is 0 Å². The number of hydrogen-bond acceptors (Lipinski definition) is 3. The Labute approximate surface area is 91.2 Å². The fourth-order valence-electron chi connectivity index (χ4n) is 1.96. The molecule has 0 aromatic carbocycles. The topological polar surface area (TPSA) is 49.8 Å². The molecule has 1 aliphatic heterocycles. The van der Waals surface area contributed by atoms with Crippen molar-refractivity contribution < 1.29 is 14.6 Å². The van der Waals surface area contributed by atoms with E-state index < -0.39 is 12.1 Å². The fourth-order valence-corrected chi connectivity index (χ4v) is 1.96. The molecule has 1 saturated heterocycles. The first-order valence-corrected chi connectivity index (χ1v) is 5.66. The second kappa shape index (κ2) is 6.08. The molecule has 0 saturated carbocycles. The number of aliphatic carboxylic acids is 1. The molecule has 1 heterocycles. The number of carboxylic acid groups (broad SMARTS) is 1. The number of piperidine rings is 1. The molecule has 4 heteroatoms. The smallest absolute Gasteiger partial charge is 0.332 e. The van der Waals surface area contributed by atoms with Gasteiger partial charge in [0.05, 0.1) is 0 Å². The standard InChI is InChI=1S/C11H21NO3/c1-9(11(13)14)15-8-6-10-5-3-4-7-12(10)2/h9-10H,3-8H2,1-2H3,(H,13,14)/t9-,10?/m1/s1. The Bertz CT molecular complexity index is 208. The van der Waals surface area contributed by atoms with E-state index in [1.807, 2.05) is 0 Å². The number of hydrogen-bond donors (Lipinski definition) is 1. The number of nitrogens with zero attached hydrogens (tertiary/aromatic N) is 1. The molecular formula is C11H21NO3. The number of carboxylic acids is 1. The second-order valence-electron chi connectivity index (χ2n) is 4.27. The minimum atomic E-state index is -0.882. The summed E-state index contributed by atoms with van der Waals surface area (Å²) in [5, 5.41) is 8.64. The average Bonchev–Trinajstić information content (AvgIpc) is 2.20. The van der Waals surface area contributed by atoms with E-state index in [0.29, 0.717) is 12.6 Å². The van der Waals surface area contributed by atoms with Gasteiger partial charge in [-0.1, -0.05) is 6.42 Å². The van der Waals surface area contributed by atoms with Crippen LogP contribution in [0.3, 0.4) is 0 Å². The Morgan fingerprint density at radius 1 is 1.60 bits per heavy atom. The van der Waals surface area contributed by atoms with Crippen LogP contribution in [0.5, 0.6) is 0 Å². The molecule has 0 amide bonds. The summed E-state index contributed by atoms with van der Waals surface area (Å²) >= 11 is 0. The summed E-state index contributed by atoms with van der Waals surface area (Å²) in [6.45, 7) is 3.27. The van der Waals surface area contributed by atoms with Crippen molar-refractivity contribution in [1.82, 2.24) is 4.90 Å². The predicted molar refractivity (Wildman–Crippen MR) is 57.9 cm³/mol. The molecule has 0 aromatic heterocycles. The zero-order valence-electron chi connectivity index (χ0n) is 9.61. The van der Waals surface area contributed by atoms with Gasteiger partial charge in [-0.25, -0.2) is 4.79 Å². The Morgan fingerprint density at radius 3 is 2.93 bits per heavy atom. The average molecular weight is 215 g/mol. The minimum absolute atomic E-state index is 0.544. The molecule has 88 valence electrons. The summed E-state index contributed by atoms with van der Waals surface area (Å²) in [6.07, 6.45) is 4.03. The van der Waals surface area contributed by atoms with Gasteiger partial charge >= 0.3 is 5.97 Å². The Morgan fingerprint density at radius 2 is 2.33 bits per heavy atom. The van der Waals surface area contributed by atoms with Crippen LogP contribution in [0.1, 0.15) is 32.6 Å². The molecule has 0 spiro atoms. The van der Waals surface area contributed by atoms with E-state index in [2.05, 4.69) is 11.9 Å². The maximum absolute atomic E-state index is 10.5. The number of likely N-dealkylation sites (tertiary alicyclic amines) is 1. The molecule has 2 atom stereocenters. The Hall–Kier alpha value is -0.610. The molecule has 4 nitrogen and oxygen atoms in total. The lowest BCUT2D eigenvalue weighted by Gasteiger charge is -2.32. The molecule has 1 rings (SSSR count). The van der Waals surface area contributed by atoms with E-state index >= 15 is 0 Å². The highest BCUT2D eigenvalue weighted by Crippen LogP contribution is 2.17. The van der Waals surface area contributed by atoms with Crippen LogP contribution < -0.4 is 0 Å². The van der Waals surface area contributed by atoms with Gasteiger partial charge in [0, 0.05) is 12.6 Å². The minimum Gasteiger partial charge on any atom is -0.479 e. The summed E-state index contributed by atoms with van der Waals surface area (Å²) in [4.78, 5) is 12.9. The summed E-state index contributed by atoms with van der Waals surface area (Å²) in [5.74, 6) is -0.882. The lowest BCUT2D eigenvalue weighted by atomic mass is 10.0. The van der Waals surface area contributed by atoms with Gasteiger partial charge in [-0.3, -0.25) is 0 Å². The van der Waals surface area contributed by atoms with Gasteiger partial charge in [0.25, 0.3) is 0 Å². The van der Waals surface area contributed by atoms with E-state index in [9.17, 15) is 4.79 Å². The normalized spacial score (nSPS) is 25.1. The first kappa shape index (κ1) is 12.5. The van der Waals surface area contributed by atoms with E-state index in [-0.39, 0.29) is 0 Å². The maximum atomic E-state index is 10.5. The van der Waals surface area contributed by atoms with Gasteiger partial charge in [-0.15, -0.1) is 0 Å². The summed E-state index contributed by atoms with van der Waals surface area (Å²) in [7, 11) is 2.13. The second-order valence-corrected chi connectivity index (χ2v) is 4.27. The van der Waals surface area contributed by atoms with Crippen molar-refractivity contribution in [2.45, 2.75) is 44.8 Å². The zero-order valence-corrected chi connectivity index (χ0v) is 9.61. The SMILES string of the molecule is C[C@@H](OCCC1CCCCN1C)C(=O)O.